The fraction of sp³-hybridized carbons (Fsp3) is 0. The van der Waals surface area contributed by atoms with Gasteiger partial charge >= 0.3 is 2850 Å². The van der Waals surface area contributed by atoms with Gasteiger partial charge in [0.05, 0.1) is 0 Å². The third kappa shape index (κ3) is 651. The Balaban J connectivity index is -0.000000000128. The molecule has 0 atom stereocenters. The van der Waals surface area contributed by atoms with Crippen LogP contribution in [0.2, 0.25) is 0 Å². The summed E-state index contributed by atoms with van der Waals surface area (Å²) < 4.78 is 0. The van der Waals surface area contributed by atoms with Gasteiger partial charge in [-0.15, -0.1) is 0 Å². The molecule has 0 saturated heterocycles. The van der Waals surface area contributed by atoms with Crippen molar-refractivity contribution in [2.24, 2.45) is 0 Å². The molecule has 0 aromatic heterocycles. The Morgan fingerprint density at radius 2 is 0.0805 bits per heavy atom. The second kappa shape index (κ2) is 546. The topological polar surface area (TPSA) is 173 Å². The van der Waals surface area contributed by atoms with Crippen molar-refractivity contribution >= 4 is 2850 Å². The van der Waals surface area contributed by atoms with E-state index in [-0.39, 0.29) is 2830 Å². The van der Waals surface area contributed by atoms with Gasteiger partial charge in [-0.3, -0.25) is 0 Å². The fourth-order valence-corrected chi connectivity index (χ4v) is 0. The summed E-state index contributed by atoms with van der Waals surface area (Å²) in [5.41, 5.74) is 0. The normalized spacial score (nSPS) is 0.828. The van der Waals surface area contributed by atoms with Crippen LogP contribution < -0.4 is 0 Å². The Bertz CT molecular complexity index is 158. The van der Waals surface area contributed by atoms with E-state index in [9.17, 15) is 0 Å². The minimum atomic E-state index is -1.83. The predicted molar refractivity (Wildman–Crippen MR) is 464 cm³/mol. The molecule has 72 valence electrons. The van der Waals surface area contributed by atoms with E-state index in [1.165, 1.54) is 0 Å². The first-order valence-corrected chi connectivity index (χ1v) is 1.95. The first-order valence-electron chi connectivity index (χ1n) is 1.95. The largest absolute Gasteiger partial charge is 2.00 e. The van der Waals surface area contributed by atoms with Crippen LogP contribution in [0.3, 0.4) is 0 Å². The van der Waals surface area contributed by atoms with E-state index in [1.807, 2.05) is 0 Å². The summed E-state index contributed by atoms with van der Waals surface area (Å²) in [4.78, 5) is 25.7. The van der Waals surface area contributed by atoms with E-state index in [1.54, 1.807) is 0 Å². The Morgan fingerprint density at radius 3 is 0.0805 bits per heavy atom. The van der Waals surface area contributed by atoms with Gasteiger partial charge in [-0.2, -0.15) is 0 Å². The average molecular weight is 3190 g/mol. The van der Waals surface area contributed by atoms with Crippen molar-refractivity contribution in [3.63, 3.8) is 0 Å². The van der Waals surface area contributed by atoms with Crippen LogP contribution in [0.25, 0.3) is 0 Å². The molecule has 0 saturated carbocycles. The second-order valence-corrected chi connectivity index (χ2v) is 0.848. The zero-order valence-electron chi connectivity index (χ0n) is 58.4. The predicted octanol–water partition coefficient (Wildman–Crippen LogP) is -27.9. The monoisotopic (exact) mass is 3180 g/mol. The van der Waals surface area contributed by atoms with Crippen molar-refractivity contribution in [2.75, 3.05) is 0 Å². The number of carbonyl (C=O) groups is 3. The minimum absolute atomic E-state index is 0. The molecule has 0 amide bonds. The molecule has 0 aliphatic heterocycles. The first kappa shape index (κ1) is 555. The maximum absolute atomic E-state index is 8.56. The molecule has 0 rings (SSSR count). The zero-order chi connectivity index (χ0) is 10.7. The molecule has 0 unspecified atom stereocenters. The van der Waals surface area contributed by atoms with E-state index >= 15 is 0 Å². The van der Waals surface area contributed by atoms with Gasteiger partial charge in [0, 0.05) is 0 Å². The molecule has 0 aromatic rings. The van der Waals surface area contributed by atoms with Crippen LogP contribution in [0.4, 0.5) is 14.4 Å². The summed E-state index contributed by atoms with van der Waals surface area (Å²) in [5.74, 6) is 0. The van der Waals surface area contributed by atoms with Crippen molar-refractivity contribution in [1.29, 1.82) is 0 Å². The SMILES string of the molecule is O=C(O)O.O=C(O)O.O=C(O)O.[Ca+2].[Ca+2].[Ca+2].[Ca+2].[Ca+2].[Ca+2].[Ca+2].[Ca+2].[Ca+2].[Ca+2].[Ca+2].[Ca+2].[Ca+2].[Ca+2].[Ca+2].[Ca+2].[Ca+2].[Ca+2].[Ca+2].[Ca+2].[Ca+2].[Ca+2].[Ca+2].[Ca+2].[Ca+2].[Ca+2].[Ca+2].[Ca+2].[Ca+2].[Ca+2].[Ca+2].[Ca+2].[Ca+2].[Ca+2].[Ca+2].[Ca+2].[Ca+2].[Ca+2].[Ca+2].[Ca+2].[Ca+2].[Ca+2].[Ca+2].[Ca+2].[Ca+2].[Ca+2].[Ca+2].[Ca+2].[Ca+2].[Ca+2].[Ca+2].[Ca+2].[Ca+2].[Ca+2].[Ca+2].[Ca+2].[Ca+2].[Ca+2].[Ca+2].[Ca+2].[Ca+2].[Ca+2].[Ca+2].[Ca+2].[Ca+2].[Ca+2].[Ca+2].[Ca+2].[Ca+2].[Ca+2].[Ca+2].[Ca+2].[Ca+2].[Ca+2].[Ca+2]. The van der Waals surface area contributed by atoms with E-state index in [4.69, 9.17) is 45.0 Å². The smallest absolute Gasteiger partial charge is 0.450 e. The van der Waals surface area contributed by atoms with Crippen LogP contribution in [0.15, 0.2) is 0 Å². The maximum Gasteiger partial charge on any atom is 2.00 e. The van der Waals surface area contributed by atoms with E-state index in [0.717, 1.165) is 0 Å². The Morgan fingerprint density at radius 1 is 0.0805 bits per heavy atom. The van der Waals surface area contributed by atoms with Crippen LogP contribution in [0, 0.1) is 0 Å². The van der Waals surface area contributed by atoms with Gasteiger partial charge in [0.15, 0.2) is 0 Å². The van der Waals surface area contributed by atoms with Gasteiger partial charge in [0.2, 0.25) is 0 Å². The average Bonchev–Trinajstić information content (AvgIpc) is 1.54. The van der Waals surface area contributed by atoms with Gasteiger partial charge in [0.1, 0.15) is 0 Å². The maximum atomic E-state index is 8.56. The summed E-state index contributed by atoms with van der Waals surface area (Å²) in [5, 5.41) is 41.8. The van der Waals surface area contributed by atoms with E-state index in [0.29, 0.717) is 0 Å². The number of carboxylic acid groups (broad SMARTS) is 6. The summed E-state index contributed by atoms with van der Waals surface area (Å²) in [6.07, 6.45) is -5.50. The van der Waals surface area contributed by atoms with Crippen LogP contribution in [-0.2, 0) is 0 Å². The van der Waals surface area contributed by atoms with Crippen LogP contribution in [0.1, 0.15) is 0 Å². The molecular formula is C3H6Ca75O9+150. The standard InChI is InChI=1S/3CH2O3.75Ca/c3*2-1(3)4;;;;;;;;;;;;;;;;;;;;;;;;;;;;;;;;;;;;;;;;;;;;;;;;;;;;;;;;;;;;;;;;;;;;;;;;;;;/h3*(H2,2,3,4);;;;;;;;;;;;;;;;;;;;;;;;;;;;;;;;;;;;;;;;;;;;;;;;;;;;;;;;;;;;;;;;;;;;;;;;;;;/q;;;75*+2. The Hall–Kier alpha value is 92.3. The summed E-state index contributed by atoms with van der Waals surface area (Å²) in [7, 11) is 0. The number of rotatable bonds is 0. The van der Waals surface area contributed by atoms with Crippen LogP contribution >= 0.6 is 0 Å². The first-order chi connectivity index (χ1) is 5.20. The molecule has 0 bridgehead atoms. The molecule has 6 N–H and O–H groups in total. The van der Waals surface area contributed by atoms with Crippen LogP contribution in [-0.4, -0.2) is 2880 Å². The third-order valence-corrected chi connectivity index (χ3v) is 0. The van der Waals surface area contributed by atoms with Gasteiger partial charge in [-0.25, -0.2) is 14.4 Å². The fourth-order valence-electron chi connectivity index (χ4n) is 0. The molecule has 84 heteroatoms. The number of hydrogen-bond acceptors (Lipinski definition) is 3. The van der Waals surface area contributed by atoms with Gasteiger partial charge < -0.3 is 30.6 Å². The van der Waals surface area contributed by atoms with Gasteiger partial charge in [-0.05, 0) is 0 Å². The molecule has 0 fully saturated rings. The van der Waals surface area contributed by atoms with Crippen molar-refractivity contribution in [2.45, 2.75) is 0 Å². The summed E-state index contributed by atoms with van der Waals surface area (Å²) in [6.45, 7) is 0. The van der Waals surface area contributed by atoms with Crippen molar-refractivity contribution < 1.29 is 45.0 Å². The number of hydrogen-bond donors (Lipinski definition) is 6. The third-order valence-electron chi connectivity index (χ3n) is 0. The van der Waals surface area contributed by atoms with Crippen molar-refractivity contribution in [3.05, 3.63) is 0 Å². The van der Waals surface area contributed by atoms with Crippen molar-refractivity contribution in [3.8, 4) is 0 Å². The van der Waals surface area contributed by atoms with E-state index in [2.05, 4.69) is 0 Å². The molecule has 0 aliphatic rings. The summed E-state index contributed by atoms with van der Waals surface area (Å²) in [6, 6.07) is 0. The van der Waals surface area contributed by atoms with Gasteiger partial charge in [-0.1, -0.05) is 0 Å². The zero-order valence-corrected chi connectivity index (χ0v) is 224. The Labute approximate surface area is 2770 Å². The molecule has 0 heterocycles. The molecule has 87 heavy (non-hydrogen) atoms. The van der Waals surface area contributed by atoms with Crippen LogP contribution in [0.5, 0.6) is 0 Å². The van der Waals surface area contributed by atoms with Gasteiger partial charge in [0.25, 0.3) is 0 Å². The van der Waals surface area contributed by atoms with Crippen molar-refractivity contribution in [1.82, 2.24) is 0 Å². The summed E-state index contributed by atoms with van der Waals surface area (Å²) >= 11 is 0. The molecular weight excluding hydrogens is 3190 g/mol. The minimum Gasteiger partial charge on any atom is -0.450 e. The molecule has 0 spiro atoms. The quantitative estimate of drug-likeness (QED) is 0.129. The molecule has 0 aromatic carbocycles. The molecule has 0 radical (unpaired) electrons. The second-order valence-electron chi connectivity index (χ2n) is 0.848. The molecule has 0 aliphatic carbocycles. The Kier molecular flexibility index (Phi) is 3490. The molecule has 9 nitrogen and oxygen atoms in total. The van der Waals surface area contributed by atoms with E-state index < -0.39 is 18.5 Å².